The summed E-state index contributed by atoms with van der Waals surface area (Å²) in [6, 6.07) is 1.88. The van der Waals surface area contributed by atoms with Crippen molar-refractivity contribution in [2.45, 2.75) is 12.5 Å². The van der Waals surface area contributed by atoms with Crippen LogP contribution >= 0.6 is 0 Å². The molecule has 6 heteroatoms. The van der Waals surface area contributed by atoms with Gasteiger partial charge in [0.05, 0.1) is 0 Å². The lowest BCUT2D eigenvalue weighted by molar-refractivity contribution is -0.139. The van der Waals surface area contributed by atoms with Crippen molar-refractivity contribution in [3.05, 3.63) is 30.1 Å². The summed E-state index contributed by atoms with van der Waals surface area (Å²) in [4.78, 5) is 26.0. The second-order valence-corrected chi connectivity index (χ2v) is 3.11. The second kappa shape index (κ2) is 5.82. The number of carbonyl (C=O) groups excluding carboxylic acids is 1. The van der Waals surface area contributed by atoms with E-state index in [4.69, 9.17) is 10.2 Å². The van der Waals surface area contributed by atoms with Gasteiger partial charge in [-0.05, 0) is 12.1 Å². The number of pyridine rings is 1. The Labute approximate surface area is 91.9 Å². The van der Waals surface area contributed by atoms with Gasteiger partial charge in [-0.25, -0.2) is 4.79 Å². The van der Waals surface area contributed by atoms with Gasteiger partial charge in [0.1, 0.15) is 6.04 Å². The minimum absolute atomic E-state index is 0.0217. The average Bonchev–Trinajstić information content (AvgIpc) is 2.29. The molecule has 1 atom stereocenters. The van der Waals surface area contributed by atoms with E-state index in [0.717, 1.165) is 0 Å². The van der Waals surface area contributed by atoms with Crippen molar-refractivity contribution in [2.75, 3.05) is 6.61 Å². The van der Waals surface area contributed by atoms with Crippen LogP contribution in [0.3, 0.4) is 0 Å². The number of aliphatic carboxylic acids is 1. The van der Waals surface area contributed by atoms with Gasteiger partial charge in [-0.1, -0.05) is 0 Å². The molecule has 0 aromatic carbocycles. The monoisotopic (exact) mass is 224 g/mol. The minimum atomic E-state index is -1.17. The fourth-order valence-corrected chi connectivity index (χ4v) is 1.13. The molecule has 3 N–H and O–H groups in total. The van der Waals surface area contributed by atoms with Crippen LogP contribution in [-0.2, 0) is 4.79 Å². The molecule has 0 spiro atoms. The van der Waals surface area contributed by atoms with Gasteiger partial charge in [0, 0.05) is 31.0 Å². The van der Waals surface area contributed by atoms with Crippen molar-refractivity contribution in [1.29, 1.82) is 0 Å². The topological polar surface area (TPSA) is 99.5 Å². The van der Waals surface area contributed by atoms with Gasteiger partial charge in [0.25, 0.3) is 5.91 Å². The molecule has 1 rings (SSSR count). The molecule has 1 amide bonds. The molecule has 0 saturated heterocycles. The molecule has 0 fully saturated rings. The Hall–Kier alpha value is -1.95. The molecule has 0 aliphatic heterocycles. The van der Waals surface area contributed by atoms with Crippen LogP contribution in [0.15, 0.2) is 24.5 Å². The molecule has 0 aliphatic rings. The Morgan fingerprint density at radius 1 is 1.38 bits per heavy atom. The molecule has 1 unspecified atom stereocenters. The number of hydrogen-bond acceptors (Lipinski definition) is 4. The highest BCUT2D eigenvalue weighted by Crippen LogP contribution is 1.99. The van der Waals surface area contributed by atoms with E-state index < -0.39 is 17.9 Å². The predicted molar refractivity (Wildman–Crippen MR) is 54.8 cm³/mol. The Bertz CT molecular complexity index is 366. The van der Waals surface area contributed by atoms with Crippen molar-refractivity contribution < 1.29 is 19.8 Å². The van der Waals surface area contributed by atoms with Gasteiger partial charge in [-0.15, -0.1) is 0 Å². The van der Waals surface area contributed by atoms with E-state index in [-0.39, 0.29) is 13.0 Å². The number of rotatable bonds is 5. The molecular weight excluding hydrogens is 212 g/mol. The largest absolute Gasteiger partial charge is 0.480 e. The summed E-state index contributed by atoms with van der Waals surface area (Å²) in [6.07, 6.45) is 2.86. The number of carboxylic acids is 1. The summed E-state index contributed by atoms with van der Waals surface area (Å²) in [6.45, 7) is -0.298. The van der Waals surface area contributed by atoms with Crippen LogP contribution in [0.5, 0.6) is 0 Å². The smallest absolute Gasteiger partial charge is 0.326 e. The Balaban J connectivity index is 2.65. The zero-order valence-electron chi connectivity index (χ0n) is 8.46. The Kier molecular flexibility index (Phi) is 4.41. The number of amides is 1. The van der Waals surface area contributed by atoms with Crippen LogP contribution in [-0.4, -0.2) is 39.7 Å². The molecule has 1 aromatic rings. The van der Waals surface area contributed by atoms with Crippen LogP contribution in [0, 0.1) is 0 Å². The predicted octanol–water partition coefficient (Wildman–Crippen LogP) is -0.353. The maximum Gasteiger partial charge on any atom is 0.326 e. The Morgan fingerprint density at radius 2 is 2.00 bits per heavy atom. The fraction of sp³-hybridized carbons (Fsp3) is 0.300. The van der Waals surface area contributed by atoms with Crippen LogP contribution in [0.25, 0.3) is 0 Å². The Morgan fingerprint density at radius 3 is 2.50 bits per heavy atom. The summed E-state index contributed by atoms with van der Waals surface area (Å²) in [7, 11) is 0. The van der Waals surface area contributed by atoms with Gasteiger partial charge in [0.2, 0.25) is 0 Å². The van der Waals surface area contributed by atoms with E-state index >= 15 is 0 Å². The number of nitrogens with one attached hydrogen (secondary N) is 1. The van der Waals surface area contributed by atoms with Crippen molar-refractivity contribution in [2.24, 2.45) is 0 Å². The van der Waals surface area contributed by atoms with Gasteiger partial charge in [-0.3, -0.25) is 9.78 Å². The molecule has 0 bridgehead atoms. The third-order valence-corrected chi connectivity index (χ3v) is 1.96. The van der Waals surface area contributed by atoms with Crippen LogP contribution < -0.4 is 5.32 Å². The van der Waals surface area contributed by atoms with Gasteiger partial charge >= 0.3 is 5.97 Å². The van der Waals surface area contributed by atoms with Crippen molar-refractivity contribution in [1.82, 2.24) is 10.3 Å². The van der Waals surface area contributed by atoms with E-state index in [2.05, 4.69) is 10.3 Å². The lowest BCUT2D eigenvalue weighted by Crippen LogP contribution is -2.41. The highest BCUT2D eigenvalue weighted by Gasteiger charge is 2.19. The standard InChI is InChI=1S/C10H12N2O4/c13-6-3-8(10(15)16)12-9(14)7-1-4-11-5-2-7/h1-2,4-5,8,13H,3,6H2,(H,12,14)(H,15,16). The molecule has 0 radical (unpaired) electrons. The van der Waals surface area contributed by atoms with Gasteiger partial charge in [0.15, 0.2) is 0 Å². The highest BCUT2D eigenvalue weighted by atomic mass is 16.4. The van der Waals surface area contributed by atoms with Crippen LogP contribution in [0.4, 0.5) is 0 Å². The van der Waals surface area contributed by atoms with Crippen molar-refractivity contribution >= 4 is 11.9 Å². The zero-order chi connectivity index (χ0) is 12.0. The van der Waals surface area contributed by atoms with E-state index in [9.17, 15) is 9.59 Å². The summed E-state index contributed by atoms with van der Waals surface area (Å²) in [5.74, 6) is -1.67. The van der Waals surface area contributed by atoms with Crippen LogP contribution in [0.1, 0.15) is 16.8 Å². The normalized spacial score (nSPS) is 11.8. The number of carbonyl (C=O) groups is 2. The lowest BCUT2D eigenvalue weighted by atomic mass is 10.2. The molecule has 6 nitrogen and oxygen atoms in total. The molecule has 0 saturated carbocycles. The third-order valence-electron chi connectivity index (χ3n) is 1.96. The average molecular weight is 224 g/mol. The summed E-state index contributed by atoms with van der Waals surface area (Å²) >= 11 is 0. The highest BCUT2D eigenvalue weighted by molar-refractivity contribution is 5.96. The maximum absolute atomic E-state index is 11.6. The molecule has 0 aliphatic carbocycles. The SMILES string of the molecule is O=C(NC(CCO)C(=O)O)c1ccncc1. The quantitative estimate of drug-likeness (QED) is 0.634. The number of carboxylic acid groups (broad SMARTS) is 1. The fourth-order valence-electron chi connectivity index (χ4n) is 1.13. The first-order valence-electron chi connectivity index (χ1n) is 4.69. The van der Waals surface area contributed by atoms with E-state index in [0.29, 0.717) is 5.56 Å². The zero-order valence-corrected chi connectivity index (χ0v) is 8.46. The first kappa shape index (κ1) is 12.1. The number of aromatic nitrogens is 1. The number of nitrogens with zero attached hydrogens (tertiary/aromatic N) is 1. The van der Waals surface area contributed by atoms with Gasteiger partial charge in [-0.2, -0.15) is 0 Å². The lowest BCUT2D eigenvalue weighted by Gasteiger charge is -2.12. The summed E-state index contributed by atoms with van der Waals surface area (Å²) in [5.41, 5.74) is 0.333. The maximum atomic E-state index is 11.6. The molecule has 86 valence electrons. The summed E-state index contributed by atoms with van der Waals surface area (Å²) < 4.78 is 0. The van der Waals surface area contributed by atoms with Crippen LogP contribution in [0.2, 0.25) is 0 Å². The van der Waals surface area contributed by atoms with Gasteiger partial charge < -0.3 is 15.5 Å². The minimum Gasteiger partial charge on any atom is -0.480 e. The summed E-state index contributed by atoms with van der Waals surface area (Å²) in [5, 5.41) is 19.7. The number of aliphatic hydroxyl groups is 1. The number of aliphatic hydroxyl groups excluding tert-OH is 1. The van der Waals surface area contributed by atoms with E-state index in [1.54, 1.807) is 0 Å². The van der Waals surface area contributed by atoms with E-state index in [1.807, 2.05) is 0 Å². The molecule has 1 heterocycles. The third kappa shape index (κ3) is 3.32. The molecular formula is C10H12N2O4. The first-order chi connectivity index (χ1) is 7.65. The molecule has 16 heavy (non-hydrogen) atoms. The van der Waals surface area contributed by atoms with Crippen molar-refractivity contribution in [3.8, 4) is 0 Å². The van der Waals surface area contributed by atoms with E-state index in [1.165, 1.54) is 24.5 Å². The molecule has 1 aromatic heterocycles. The first-order valence-corrected chi connectivity index (χ1v) is 4.69. The second-order valence-electron chi connectivity index (χ2n) is 3.11. The van der Waals surface area contributed by atoms with Crippen molar-refractivity contribution in [3.63, 3.8) is 0 Å². The number of hydrogen-bond donors (Lipinski definition) is 3.